The van der Waals surface area contributed by atoms with Crippen molar-refractivity contribution in [3.05, 3.63) is 56.5 Å². The Labute approximate surface area is 122 Å². The third-order valence-electron chi connectivity index (χ3n) is 2.86. The Kier molecular flexibility index (Phi) is 3.79. The van der Waals surface area contributed by atoms with Crippen LogP contribution in [0.2, 0.25) is 5.02 Å². The average molecular weight is 313 g/mol. The number of aromatic nitrogens is 1. The van der Waals surface area contributed by atoms with Gasteiger partial charge >= 0.3 is 6.18 Å². The number of H-pyrrole nitrogens is 1. The fraction of sp³-hybridized carbons (Fsp3) is 0.143. The molecule has 21 heavy (non-hydrogen) atoms. The molecular formula is C14H8ClF3N2O. The van der Waals surface area contributed by atoms with Crippen LogP contribution in [0.25, 0.3) is 11.1 Å². The Morgan fingerprint density at radius 2 is 1.95 bits per heavy atom. The fourth-order valence-electron chi connectivity index (χ4n) is 1.94. The van der Waals surface area contributed by atoms with Crippen molar-refractivity contribution in [2.45, 2.75) is 13.1 Å². The van der Waals surface area contributed by atoms with E-state index in [4.69, 9.17) is 16.9 Å². The molecule has 0 amide bonds. The van der Waals surface area contributed by atoms with E-state index in [1.807, 2.05) is 0 Å². The van der Waals surface area contributed by atoms with E-state index < -0.39 is 22.3 Å². The molecule has 0 saturated carbocycles. The molecule has 3 nitrogen and oxygen atoms in total. The van der Waals surface area contributed by atoms with Gasteiger partial charge in [-0.05, 0) is 30.7 Å². The van der Waals surface area contributed by atoms with Crippen LogP contribution in [0.1, 0.15) is 16.8 Å². The van der Waals surface area contributed by atoms with E-state index in [0.29, 0.717) is 5.69 Å². The molecule has 0 aliphatic carbocycles. The number of aromatic amines is 1. The summed E-state index contributed by atoms with van der Waals surface area (Å²) in [6.07, 6.45) is -4.61. The minimum Gasteiger partial charge on any atom is -0.325 e. The summed E-state index contributed by atoms with van der Waals surface area (Å²) in [4.78, 5) is 14.1. The van der Waals surface area contributed by atoms with Crippen LogP contribution in [-0.2, 0) is 6.18 Å². The molecule has 0 aliphatic heterocycles. The highest BCUT2D eigenvalue weighted by Gasteiger charge is 2.33. The summed E-state index contributed by atoms with van der Waals surface area (Å²) in [6.45, 7) is 1.58. The largest absolute Gasteiger partial charge is 0.417 e. The zero-order valence-corrected chi connectivity index (χ0v) is 11.4. The number of aryl methyl sites for hydroxylation is 1. The Morgan fingerprint density at radius 3 is 2.52 bits per heavy atom. The van der Waals surface area contributed by atoms with Crippen molar-refractivity contribution in [3.63, 3.8) is 0 Å². The van der Waals surface area contributed by atoms with Crippen molar-refractivity contribution >= 4 is 11.6 Å². The van der Waals surface area contributed by atoms with Crippen LogP contribution in [0.5, 0.6) is 0 Å². The second-order valence-corrected chi connectivity index (χ2v) is 4.78. The number of nitrogens with one attached hydrogen (secondary N) is 1. The number of alkyl halides is 3. The molecule has 2 aromatic rings. The molecule has 0 spiro atoms. The van der Waals surface area contributed by atoms with Crippen LogP contribution in [0.3, 0.4) is 0 Å². The SMILES string of the molecule is Cc1cc(-c2ccc(Cl)c(C(F)(F)F)c2)c(C#N)c(=O)[nH]1. The first kappa shape index (κ1) is 15.1. The van der Waals surface area contributed by atoms with Gasteiger partial charge in [-0.25, -0.2) is 0 Å². The lowest BCUT2D eigenvalue weighted by Crippen LogP contribution is -2.13. The zero-order valence-electron chi connectivity index (χ0n) is 10.7. The third kappa shape index (κ3) is 2.93. The molecule has 0 saturated heterocycles. The highest BCUT2D eigenvalue weighted by atomic mass is 35.5. The van der Waals surface area contributed by atoms with E-state index >= 15 is 0 Å². The summed E-state index contributed by atoms with van der Waals surface area (Å²) in [5.74, 6) is 0. The van der Waals surface area contributed by atoms with Crippen molar-refractivity contribution in [3.8, 4) is 17.2 Å². The van der Waals surface area contributed by atoms with Crippen molar-refractivity contribution in [2.75, 3.05) is 0 Å². The summed E-state index contributed by atoms with van der Waals surface area (Å²) in [7, 11) is 0. The van der Waals surface area contributed by atoms with E-state index in [1.165, 1.54) is 12.1 Å². The summed E-state index contributed by atoms with van der Waals surface area (Å²) in [6, 6.07) is 6.42. The number of nitrogens with zero attached hydrogens (tertiary/aromatic N) is 1. The fourth-order valence-corrected chi connectivity index (χ4v) is 2.16. The van der Waals surface area contributed by atoms with Crippen LogP contribution >= 0.6 is 11.6 Å². The first-order valence-corrected chi connectivity index (χ1v) is 6.13. The standard InChI is InChI=1S/C14H8ClF3N2O/c1-7-4-9(10(6-19)13(21)20-7)8-2-3-12(15)11(5-8)14(16,17)18/h2-5H,1H3,(H,20,21). The minimum atomic E-state index is -4.61. The first-order chi connectivity index (χ1) is 9.74. The molecule has 0 fully saturated rings. The lowest BCUT2D eigenvalue weighted by Gasteiger charge is -2.12. The smallest absolute Gasteiger partial charge is 0.325 e. The second-order valence-electron chi connectivity index (χ2n) is 4.37. The zero-order chi connectivity index (χ0) is 15.8. The molecular weight excluding hydrogens is 305 g/mol. The molecule has 0 atom stereocenters. The number of benzene rings is 1. The van der Waals surface area contributed by atoms with Gasteiger partial charge in [0.15, 0.2) is 0 Å². The topological polar surface area (TPSA) is 56.6 Å². The molecule has 0 bridgehead atoms. The van der Waals surface area contributed by atoms with Gasteiger partial charge in [0.1, 0.15) is 11.6 Å². The van der Waals surface area contributed by atoms with Gasteiger partial charge in [0.2, 0.25) is 0 Å². The van der Waals surface area contributed by atoms with Gasteiger partial charge < -0.3 is 4.98 Å². The van der Waals surface area contributed by atoms with Crippen LogP contribution in [0.15, 0.2) is 29.1 Å². The van der Waals surface area contributed by atoms with Crippen molar-refractivity contribution in [1.29, 1.82) is 5.26 Å². The minimum absolute atomic E-state index is 0.109. The van der Waals surface area contributed by atoms with Crippen molar-refractivity contribution in [2.24, 2.45) is 0 Å². The molecule has 2 rings (SSSR count). The maximum atomic E-state index is 12.9. The number of halogens is 4. The predicted molar refractivity (Wildman–Crippen MR) is 72.0 cm³/mol. The summed E-state index contributed by atoms with van der Waals surface area (Å²) in [5, 5.41) is 8.58. The lowest BCUT2D eigenvalue weighted by molar-refractivity contribution is -0.137. The van der Waals surface area contributed by atoms with Gasteiger partial charge in [-0.2, -0.15) is 18.4 Å². The van der Waals surface area contributed by atoms with Crippen LogP contribution < -0.4 is 5.56 Å². The Hall–Kier alpha value is -2.26. The average Bonchev–Trinajstić information content (AvgIpc) is 2.37. The Balaban J connectivity index is 2.75. The maximum Gasteiger partial charge on any atom is 0.417 e. The monoisotopic (exact) mass is 312 g/mol. The molecule has 1 heterocycles. The number of rotatable bonds is 1. The number of hydrogen-bond acceptors (Lipinski definition) is 2. The first-order valence-electron chi connectivity index (χ1n) is 5.75. The number of hydrogen-bond donors (Lipinski definition) is 1. The molecule has 1 aromatic carbocycles. The highest BCUT2D eigenvalue weighted by Crippen LogP contribution is 2.37. The van der Waals surface area contributed by atoms with Crippen LogP contribution in [0.4, 0.5) is 13.2 Å². The molecule has 1 aromatic heterocycles. The van der Waals surface area contributed by atoms with E-state index in [0.717, 1.165) is 12.1 Å². The van der Waals surface area contributed by atoms with Gasteiger partial charge in [-0.1, -0.05) is 17.7 Å². The molecule has 0 radical (unpaired) electrons. The normalized spacial score (nSPS) is 11.2. The summed E-state index contributed by atoms with van der Waals surface area (Å²) >= 11 is 5.55. The molecule has 108 valence electrons. The van der Waals surface area contributed by atoms with Crippen molar-refractivity contribution < 1.29 is 13.2 Å². The van der Waals surface area contributed by atoms with E-state index in [-0.39, 0.29) is 16.7 Å². The summed E-state index contributed by atoms with van der Waals surface area (Å²) < 4.78 is 38.6. The lowest BCUT2D eigenvalue weighted by atomic mass is 9.99. The second kappa shape index (κ2) is 5.26. The number of pyridine rings is 1. The van der Waals surface area contributed by atoms with E-state index in [9.17, 15) is 18.0 Å². The van der Waals surface area contributed by atoms with Gasteiger partial charge in [0, 0.05) is 11.3 Å². The van der Waals surface area contributed by atoms with Crippen molar-refractivity contribution in [1.82, 2.24) is 4.98 Å². The van der Waals surface area contributed by atoms with Crippen LogP contribution in [-0.4, -0.2) is 4.98 Å². The quantitative estimate of drug-likeness (QED) is 0.868. The molecule has 7 heteroatoms. The van der Waals surface area contributed by atoms with Crippen LogP contribution in [0, 0.1) is 18.3 Å². The molecule has 0 unspecified atom stereocenters. The van der Waals surface area contributed by atoms with Gasteiger partial charge in [0.25, 0.3) is 5.56 Å². The highest BCUT2D eigenvalue weighted by molar-refractivity contribution is 6.31. The molecule has 0 aliphatic rings. The van der Waals surface area contributed by atoms with Gasteiger partial charge in [0.05, 0.1) is 10.6 Å². The maximum absolute atomic E-state index is 12.9. The predicted octanol–water partition coefficient (Wildman–Crippen LogP) is 3.89. The van der Waals surface area contributed by atoms with Gasteiger partial charge in [-0.15, -0.1) is 0 Å². The summed E-state index contributed by atoms with van der Waals surface area (Å²) in [5.41, 5.74) is -1.20. The molecule has 1 N–H and O–H groups in total. The van der Waals surface area contributed by atoms with Gasteiger partial charge in [-0.3, -0.25) is 4.79 Å². The Bertz CT molecular complexity index is 803. The van der Waals surface area contributed by atoms with E-state index in [1.54, 1.807) is 13.0 Å². The van der Waals surface area contributed by atoms with E-state index in [2.05, 4.69) is 4.98 Å². The third-order valence-corrected chi connectivity index (χ3v) is 3.19. The number of nitriles is 1. The Morgan fingerprint density at radius 1 is 1.29 bits per heavy atom.